The van der Waals surface area contributed by atoms with Crippen LogP contribution in [0.4, 0.5) is 5.69 Å². The molecule has 3 rings (SSSR count). The van der Waals surface area contributed by atoms with Crippen LogP contribution in [0.3, 0.4) is 0 Å². The van der Waals surface area contributed by atoms with Gasteiger partial charge >= 0.3 is 5.97 Å². The van der Waals surface area contributed by atoms with Crippen LogP contribution in [0.25, 0.3) is 0 Å². The van der Waals surface area contributed by atoms with Crippen molar-refractivity contribution in [3.05, 3.63) is 30.3 Å². The third-order valence-corrected chi connectivity index (χ3v) is 4.62. The van der Waals surface area contributed by atoms with Gasteiger partial charge in [-0.3, -0.25) is 9.69 Å². The number of carboxylic acids is 1. The van der Waals surface area contributed by atoms with E-state index in [1.54, 1.807) is 0 Å². The second kappa shape index (κ2) is 6.45. The van der Waals surface area contributed by atoms with Gasteiger partial charge in [0.15, 0.2) is 0 Å². The highest BCUT2D eigenvalue weighted by Crippen LogP contribution is 2.24. The Morgan fingerprint density at radius 2 is 1.86 bits per heavy atom. The lowest BCUT2D eigenvalue weighted by Crippen LogP contribution is -2.60. The minimum atomic E-state index is -0.701. The van der Waals surface area contributed by atoms with Crippen LogP contribution in [-0.4, -0.2) is 60.8 Å². The van der Waals surface area contributed by atoms with Gasteiger partial charge in [0, 0.05) is 44.5 Å². The second-order valence-electron chi connectivity index (χ2n) is 5.85. The summed E-state index contributed by atoms with van der Waals surface area (Å²) in [6, 6.07) is 10.5. The van der Waals surface area contributed by atoms with Gasteiger partial charge < -0.3 is 15.3 Å². The number of carboxylic acid groups (broad SMARTS) is 1. The predicted molar refractivity (Wildman–Crippen MR) is 82.7 cm³/mol. The zero-order valence-electron chi connectivity index (χ0n) is 12.2. The van der Waals surface area contributed by atoms with E-state index >= 15 is 0 Å². The molecule has 2 fully saturated rings. The summed E-state index contributed by atoms with van der Waals surface area (Å²) in [7, 11) is 0. The number of anilines is 1. The van der Waals surface area contributed by atoms with E-state index in [4.69, 9.17) is 0 Å². The molecule has 1 aromatic rings. The number of hydrogen-bond acceptors (Lipinski definition) is 4. The molecule has 5 nitrogen and oxygen atoms in total. The van der Waals surface area contributed by atoms with E-state index in [2.05, 4.69) is 39.4 Å². The molecule has 5 heteroatoms. The van der Waals surface area contributed by atoms with E-state index in [0.717, 1.165) is 39.0 Å². The van der Waals surface area contributed by atoms with Crippen LogP contribution < -0.4 is 10.2 Å². The zero-order chi connectivity index (χ0) is 14.7. The van der Waals surface area contributed by atoms with E-state index in [0.29, 0.717) is 12.6 Å². The van der Waals surface area contributed by atoms with Crippen LogP contribution in [0.1, 0.15) is 12.8 Å². The normalized spacial score (nSPS) is 25.0. The highest BCUT2D eigenvalue weighted by Gasteiger charge is 2.34. The van der Waals surface area contributed by atoms with E-state index < -0.39 is 5.97 Å². The number of para-hydroxylation sites is 1. The largest absolute Gasteiger partial charge is 0.480 e. The lowest BCUT2D eigenvalue weighted by Gasteiger charge is -2.43. The van der Waals surface area contributed by atoms with Gasteiger partial charge in [0.25, 0.3) is 0 Å². The molecule has 0 radical (unpaired) electrons. The number of nitrogens with zero attached hydrogens (tertiary/aromatic N) is 2. The molecule has 1 unspecified atom stereocenters. The Bertz CT molecular complexity index is 472. The Morgan fingerprint density at radius 1 is 1.14 bits per heavy atom. The summed E-state index contributed by atoms with van der Waals surface area (Å²) < 4.78 is 0. The number of nitrogens with one attached hydrogen (secondary N) is 1. The van der Waals surface area contributed by atoms with Crippen LogP contribution in [0.15, 0.2) is 30.3 Å². The fourth-order valence-corrected chi connectivity index (χ4v) is 3.48. The first-order chi connectivity index (χ1) is 10.3. The van der Waals surface area contributed by atoms with Crippen molar-refractivity contribution in [3.63, 3.8) is 0 Å². The van der Waals surface area contributed by atoms with Gasteiger partial charge in [-0.05, 0) is 25.0 Å². The number of piperidine rings is 1. The van der Waals surface area contributed by atoms with Crippen molar-refractivity contribution in [1.82, 2.24) is 10.2 Å². The molecular formula is C16H23N3O2. The van der Waals surface area contributed by atoms with Crippen LogP contribution >= 0.6 is 0 Å². The summed E-state index contributed by atoms with van der Waals surface area (Å²) in [6.07, 6.45) is 2.08. The van der Waals surface area contributed by atoms with Crippen molar-refractivity contribution in [2.75, 3.05) is 37.6 Å². The molecule has 2 aliphatic rings. The highest BCUT2D eigenvalue weighted by molar-refractivity contribution is 5.74. The van der Waals surface area contributed by atoms with E-state index in [9.17, 15) is 9.90 Å². The molecule has 2 heterocycles. The highest BCUT2D eigenvalue weighted by atomic mass is 16.4. The van der Waals surface area contributed by atoms with Gasteiger partial charge in [-0.25, -0.2) is 0 Å². The molecular weight excluding hydrogens is 266 g/mol. The predicted octanol–water partition coefficient (Wildman–Crippen LogP) is 1.01. The van der Waals surface area contributed by atoms with Gasteiger partial charge in [0.2, 0.25) is 0 Å². The van der Waals surface area contributed by atoms with Gasteiger partial charge in [0.1, 0.15) is 6.04 Å². The van der Waals surface area contributed by atoms with Crippen LogP contribution in [0, 0.1) is 0 Å². The lowest BCUT2D eigenvalue weighted by molar-refractivity contribution is -0.145. The third kappa shape index (κ3) is 3.19. The smallest absolute Gasteiger partial charge is 0.322 e. The van der Waals surface area contributed by atoms with Crippen molar-refractivity contribution < 1.29 is 9.90 Å². The average Bonchev–Trinajstić information content (AvgIpc) is 2.56. The molecule has 2 saturated heterocycles. The van der Waals surface area contributed by atoms with Crippen molar-refractivity contribution >= 4 is 11.7 Å². The molecule has 1 aromatic carbocycles. The van der Waals surface area contributed by atoms with E-state index in [-0.39, 0.29) is 6.04 Å². The van der Waals surface area contributed by atoms with Crippen LogP contribution in [-0.2, 0) is 4.79 Å². The number of carbonyl (C=O) groups is 1. The first kappa shape index (κ1) is 14.4. The zero-order valence-corrected chi connectivity index (χ0v) is 12.2. The summed E-state index contributed by atoms with van der Waals surface area (Å²) in [5.41, 5.74) is 1.27. The molecule has 0 amide bonds. The summed E-state index contributed by atoms with van der Waals surface area (Å²) in [5.74, 6) is -0.701. The first-order valence-corrected chi connectivity index (χ1v) is 7.75. The minimum Gasteiger partial charge on any atom is -0.480 e. The van der Waals surface area contributed by atoms with Crippen LogP contribution in [0.5, 0.6) is 0 Å². The first-order valence-electron chi connectivity index (χ1n) is 7.75. The molecule has 0 aliphatic carbocycles. The quantitative estimate of drug-likeness (QED) is 0.870. The lowest BCUT2D eigenvalue weighted by atomic mass is 9.99. The van der Waals surface area contributed by atoms with Gasteiger partial charge in [-0.15, -0.1) is 0 Å². The van der Waals surface area contributed by atoms with Crippen molar-refractivity contribution in [3.8, 4) is 0 Å². The van der Waals surface area contributed by atoms with E-state index in [1.807, 2.05) is 6.07 Å². The van der Waals surface area contributed by atoms with Crippen LogP contribution in [0.2, 0.25) is 0 Å². The maximum atomic E-state index is 11.4. The number of piperazine rings is 1. The number of hydrogen-bond donors (Lipinski definition) is 2. The Hall–Kier alpha value is -1.59. The number of rotatable bonds is 3. The minimum absolute atomic E-state index is 0.368. The maximum absolute atomic E-state index is 11.4. The number of aliphatic carboxylic acids is 1. The SMILES string of the molecule is O=C(O)C1CNCCN1C1CCN(c2ccccc2)CC1. The Balaban J connectivity index is 1.61. The average molecular weight is 289 g/mol. The van der Waals surface area contributed by atoms with E-state index in [1.165, 1.54) is 5.69 Å². The van der Waals surface area contributed by atoms with Crippen molar-refractivity contribution in [2.45, 2.75) is 24.9 Å². The summed E-state index contributed by atoms with van der Waals surface area (Å²) >= 11 is 0. The summed E-state index contributed by atoms with van der Waals surface area (Å²) in [6.45, 7) is 4.31. The molecule has 114 valence electrons. The monoisotopic (exact) mass is 289 g/mol. The molecule has 0 saturated carbocycles. The Morgan fingerprint density at radius 3 is 2.52 bits per heavy atom. The molecule has 2 aliphatic heterocycles. The fraction of sp³-hybridized carbons (Fsp3) is 0.562. The fourth-order valence-electron chi connectivity index (χ4n) is 3.48. The van der Waals surface area contributed by atoms with Gasteiger partial charge in [0.05, 0.1) is 0 Å². The number of benzene rings is 1. The molecule has 0 bridgehead atoms. The van der Waals surface area contributed by atoms with Gasteiger partial charge in [-0.1, -0.05) is 18.2 Å². The molecule has 1 atom stereocenters. The maximum Gasteiger partial charge on any atom is 0.322 e. The molecule has 2 N–H and O–H groups in total. The Kier molecular flexibility index (Phi) is 4.41. The standard InChI is InChI=1S/C16H23N3O2/c20-16(21)15-12-17-8-11-19(15)14-6-9-18(10-7-14)13-4-2-1-3-5-13/h1-5,14-15,17H,6-12H2,(H,20,21). The topological polar surface area (TPSA) is 55.8 Å². The van der Waals surface area contributed by atoms with Crippen molar-refractivity contribution in [1.29, 1.82) is 0 Å². The van der Waals surface area contributed by atoms with Crippen molar-refractivity contribution in [2.24, 2.45) is 0 Å². The second-order valence-corrected chi connectivity index (χ2v) is 5.85. The third-order valence-electron chi connectivity index (χ3n) is 4.62. The summed E-state index contributed by atoms with van der Waals surface area (Å²) in [5, 5.41) is 12.6. The van der Waals surface area contributed by atoms with Gasteiger partial charge in [-0.2, -0.15) is 0 Å². The summed E-state index contributed by atoms with van der Waals surface area (Å²) in [4.78, 5) is 16.0. The molecule has 0 spiro atoms. The molecule has 21 heavy (non-hydrogen) atoms. The Labute approximate surface area is 125 Å². The molecule has 0 aromatic heterocycles.